The summed E-state index contributed by atoms with van der Waals surface area (Å²) in [6, 6.07) is 0.100. The van der Waals surface area contributed by atoms with Gasteiger partial charge in [-0.05, 0) is 5.92 Å². The number of likely N-dealkylation sites (tertiary alicyclic amines) is 1. The molecule has 3 amide bonds. The van der Waals surface area contributed by atoms with E-state index in [-0.39, 0.29) is 18.0 Å². The summed E-state index contributed by atoms with van der Waals surface area (Å²) in [7, 11) is 0. The van der Waals surface area contributed by atoms with Crippen molar-refractivity contribution in [1.29, 1.82) is 0 Å². The first-order valence-corrected chi connectivity index (χ1v) is 6.61. The van der Waals surface area contributed by atoms with Crippen LogP contribution in [0.3, 0.4) is 0 Å². The molecular weight excluding hydrogens is 232 g/mol. The SMILES string of the molecule is CC(C)CNC(=O)NC1CC(=O)N(C2CNC2)C1. The molecule has 0 aromatic carbocycles. The van der Waals surface area contributed by atoms with E-state index in [1.54, 1.807) is 0 Å². The quantitative estimate of drug-likeness (QED) is 0.634. The Bertz CT molecular complexity index is 328. The number of amides is 3. The van der Waals surface area contributed by atoms with Crippen molar-refractivity contribution < 1.29 is 9.59 Å². The lowest BCUT2D eigenvalue weighted by Crippen LogP contribution is -2.58. The predicted molar refractivity (Wildman–Crippen MR) is 68.1 cm³/mol. The van der Waals surface area contributed by atoms with Gasteiger partial charge in [0.25, 0.3) is 0 Å². The van der Waals surface area contributed by atoms with Crippen LogP contribution in [0.15, 0.2) is 0 Å². The Morgan fingerprint density at radius 1 is 1.50 bits per heavy atom. The van der Waals surface area contributed by atoms with Gasteiger partial charge in [0, 0.05) is 32.6 Å². The molecule has 0 spiro atoms. The van der Waals surface area contributed by atoms with Gasteiger partial charge >= 0.3 is 6.03 Å². The molecule has 0 aromatic heterocycles. The van der Waals surface area contributed by atoms with E-state index in [4.69, 9.17) is 0 Å². The summed E-state index contributed by atoms with van der Waals surface area (Å²) in [6.07, 6.45) is 0.422. The van der Waals surface area contributed by atoms with Crippen molar-refractivity contribution in [2.45, 2.75) is 32.4 Å². The van der Waals surface area contributed by atoms with Gasteiger partial charge in [0.05, 0.1) is 12.1 Å². The van der Waals surface area contributed by atoms with Crippen molar-refractivity contribution >= 4 is 11.9 Å². The topological polar surface area (TPSA) is 73.5 Å². The number of carbonyl (C=O) groups excluding carboxylic acids is 2. The molecule has 0 saturated carbocycles. The van der Waals surface area contributed by atoms with Crippen LogP contribution in [-0.2, 0) is 4.79 Å². The van der Waals surface area contributed by atoms with Gasteiger partial charge in [0.15, 0.2) is 0 Å². The Morgan fingerprint density at radius 2 is 2.22 bits per heavy atom. The third-order valence-electron chi connectivity index (χ3n) is 3.37. The molecule has 2 aliphatic heterocycles. The molecule has 6 heteroatoms. The zero-order chi connectivity index (χ0) is 13.1. The molecule has 2 fully saturated rings. The zero-order valence-corrected chi connectivity index (χ0v) is 11.0. The summed E-state index contributed by atoms with van der Waals surface area (Å²) in [4.78, 5) is 25.3. The molecule has 2 aliphatic rings. The fourth-order valence-corrected chi connectivity index (χ4v) is 2.21. The average Bonchev–Trinajstić information content (AvgIpc) is 2.54. The van der Waals surface area contributed by atoms with Gasteiger partial charge in [0.1, 0.15) is 0 Å². The Morgan fingerprint density at radius 3 is 2.78 bits per heavy atom. The van der Waals surface area contributed by atoms with Gasteiger partial charge < -0.3 is 20.9 Å². The Balaban J connectivity index is 1.74. The van der Waals surface area contributed by atoms with Crippen molar-refractivity contribution in [2.24, 2.45) is 5.92 Å². The third-order valence-corrected chi connectivity index (χ3v) is 3.37. The first-order chi connectivity index (χ1) is 8.56. The minimum absolute atomic E-state index is 0.0507. The number of carbonyl (C=O) groups is 2. The van der Waals surface area contributed by atoms with Gasteiger partial charge in [-0.25, -0.2) is 4.79 Å². The van der Waals surface area contributed by atoms with Gasteiger partial charge in [-0.2, -0.15) is 0 Å². The average molecular weight is 254 g/mol. The minimum atomic E-state index is -0.171. The normalized spacial score (nSPS) is 24.3. The number of urea groups is 1. The van der Waals surface area contributed by atoms with Crippen molar-refractivity contribution in [1.82, 2.24) is 20.9 Å². The highest BCUT2D eigenvalue weighted by atomic mass is 16.2. The number of hydrogen-bond donors (Lipinski definition) is 3. The van der Waals surface area contributed by atoms with E-state index in [1.165, 1.54) is 0 Å². The second-order valence-electron chi connectivity index (χ2n) is 5.51. The highest BCUT2D eigenvalue weighted by Crippen LogP contribution is 2.16. The second-order valence-corrected chi connectivity index (χ2v) is 5.51. The van der Waals surface area contributed by atoms with Crippen LogP contribution in [0, 0.1) is 5.92 Å². The standard InChI is InChI=1S/C12H22N4O2/c1-8(2)4-14-12(18)15-9-3-11(17)16(7-9)10-5-13-6-10/h8-10,13H,3-7H2,1-2H3,(H2,14,15,18). The monoisotopic (exact) mass is 254 g/mol. The Labute approximate surface area is 107 Å². The van der Waals surface area contributed by atoms with E-state index in [1.807, 2.05) is 18.7 Å². The second kappa shape index (κ2) is 5.56. The van der Waals surface area contributed by atoms with Gasteiger partial charge in [0.2, 0.25) is 5.91 Å². The van der Waals surface area contributed by atoms with Crippen molar-refractivity contribution in [3.05, 3.63) is 0 Å². The van der Waals surface area contributed by atoms with Gasteiger partial charge in [-0.1, -0.05) is 13.8 Å². The molecule has 102 valence electrons. The maximum absolute atomic E-state index is 11.8. The van der Waals surface area contributed by atoms with Crippen molar-refractivity contribution in [3.63, 3.8) is 0 Å². The van der Waals surface area contributed by atoms with Crippen LogP contribution in [0.1, 0.15) is 20.3 Å². The van der Waals surface area contributed by atoms with E-state index >= 15 is 0 Å². The fraction of sp³-hybridized carbons (Fsp3) is 0.833. The lowest BCUT2D eigenvalue weighted by atomic mass is 10.1. The molecular formula is C12H22N4O2. The molecule has 6 nitrogen and oxygen atoms in total. The van der Waals surface area contributed by atoms with Crippen LogP contribution in [0.2, 0.25) is 0 Å². The minimum Gasteiger partial charge on any atom is -0.338 e. The number of rotatable bonds is 4. The van der Waals surface area contributed by atoms with E-state index in [0.717, 1.165) is 13.1 Å². The first kappa shape index (κ1) is 13.1. The predicted octanol–water partition coefficient (Wildman–Crippen LogP) is -0.486. The maximum atomic E-state index is 11.8. The van der Waals surface area contributed by atoms with E-state index in [0.29, 0.717) is 31.5 Å². The molecule has 3 N–H and O–H groups in total. The summed E-state index contributed by atoms with van der Waals surface area (Å²) >= 11 is 0. The molecule has 0 aliphatic carbocycles. The molecule has 2 rings (SSSR count). The van der Waals surface area contributed by atoms with Crippen molar-refractivity contribution in [3.8, 4) is 0 Å². The molecule has 2 saturated heterocycles. The smallest absolute Gasteiger partial charge is 0.315 e. The van der Waals surface area contributed by atoms with Crippen LogP contribution >= 0.6 is 0 Å². The van der Waals surface area contributed by atoms with Crippen LogP contribution in [0.4, 0.5) is 4.79 Å². The summed E-state index contributed by atoms with van der Waals surface area (Å²) in [6.45, 7) is 7.13. The lowest BCUT2D eigenvalue weighted by Gasteiger charge is -2.35. The largest absolute Gasteiger partial charge is 0.338 e. The molecule has 0 aromatic rings. The van der Waals surface area contributed by atoms with Gasteiger partial charge in [-0.3, -0.25) is 4.79 Å². The van der Waals surface area contributed by atoms with E-state index in [2.05, 4.69) is 16.0 Å². The molecule has 0 radical (unpaired) electrons. The number of nitrogens with one attached hydrogen (secondary N) is 3. The highest BCUT2D eigenvalue weighted by Gasteiger charge is 2.37. The molecule has 0 bridgehead atoms. The Kier molecular flexibility index (Phi) is 4.06. The zero-order valence-electron chi connectivity index (χ0n) is 11.0. The highest BCUT2D eigenvalue weighted by molar-refractivity contribution is 5.82. The van der Waals surface area contributed by atoms with Crippen LogP contribution in [-0.4, -0.2) is 55.1 Å². The summed E-state index contributed by atoms with van der Waals surface area (Å²) < 4.78 is 0. The van der Waals surface area contributed by atoms with Crippen LogP contribution in [0.5, 0.6) is 0 Å². The fourth-order valence-electron chi connectivity index (χ4n) is 2.21. The summed E-state index contributed by atoms with van der Waals surface area (Å²) in [5.74, 6) is 0.578. The lowest BCUT2D eigenvalue weighted by molar-refractivity contribution is -0.130. The number of hydrogen-bond acceptors (Lipinski definition) is 3. The Hall–Kier alpha value is -1.30. The summed E-state index contributed by atoms with van der Waals surface area (Å²) in [5, 5.41) is 8.82. The molecule has 2 heterocycles. The molecule has 1 unspecified atom stereocenters. The summed E-state index contributed by atoms with van der Waals surface area (Å²) in [5.41, 5.74) is 0. The maximum Gasteiger partial charge on any atom is 0.315 e. The van der Waals surface area contributed by atoms with E-state index < -0.39 is 0 Å². The van der Waals surface area contributed by atoms with E-state index in [9.17, 15) is 9.59 Å². The van der Waals surface area contributed by atoms with Gasteiger partial charge in [-0.15, -0.1) is 0 Å². The van der Waals surface area contributed by atoms with Crippen LogP contribution < -0.4 is 16.0 Å². The molecule has 18 heavy (non-hydrogen) atoms. The third kappa shape index (κ3) is 3.13. The van der Waals surface area contributed by atoms with Crippen molar-refractivity contribution in [2.75, 3.05) is 26.2 Å². The number of nitrogens with zero attached hydrogens (tertiary/aromatic N) is 1. The molecule has 1 atom stereocenters. The first-order valence-electron chi connectivity index (χ1n) is 6.61. The van der Waals surface area contributed by atoms with Crippen LogP contribution in [0.25, 0.3) is 0 Å².